The zero-order valence-electron chi connectivity index (χ0n) is 48.7. The van der Waals surface area contributed by atoms with E-state index in [0.717, 1.165) is 98.7 Å². The molecular formula is C58H98N18. The SMILES string of the molecule is C#CC.C#CC.C#CC.C#CC.C#CCN1CNC(C)CC1C.CC#N.CC1CNC(C)N(CC#N)C1.CCN(CC)C1CNCN(CC#N)C1.N#CCN1CNCC(C#N)C1.N#CCN1CNCC(N2CCCC2)C1. The minimum absolute atomic E-state index is 0.0390. The number of likely N-dealkylation sites (N-methyl/N-ethyl adjacent to an activating group) is 1. The summed E-state index contributed by atoms with van der Waals surface area (Å²) in [6, 6.07) is 15.0. The first-order valence-corrected chi connectivity index (χ1v) is 26.5. The van der Waals surface area contributed by atoms with E-state index in [4.69, 9.17) is 38.0 Å². The topological polar surface area (TPSA) is 226 Å². The van der Waals surface area contributed by atoms with Crippen molar-refractivity contribution in [2.45, 2.75) is 126 Å². The van der Waals surface area contributed by atoms with Crippen LogP contribution in [-0.2, 0) is 0 Å². The van der Waals surface area contributed by atoms with Crippen LogP contribution >= 0.6 is 0 Å². The fourth-order valence-electron chi connectivity index (χ4n) is 8.47. The summed E-state index contributed by atoms with van der Waals surface area (Å²) in [6.07, 6.45) is 27.9. The molecule has 18 heteroatoms. The second-order valence-electron chi connectivity index (χ2n) is 18.4. The van der Waals surface area contributed by atoms with Crippen molar-refractivity contribution in [2.24, 2.45) is 11.8 Å². The fourth-order valence-corrected chi connectivity index (χ4v) is 8.47. The lowest BCUT2D eigenvalue weighted by Gasteiger charge is -2.38. The van der Waals surface area contributed by atoms with Gasteiger partial charge in [0.1, 0.15) is 0 Å². The number of hydrogen-bond acceptors (Lipinski definition) is 18. The number of terminal acetylenes is 5. The molecule has 0 radical (unpaired) electrons. The lowest BCUT2D eigenvalue weighted by atomic mass is 10.1. The van der Waals surface area contributed by atoms with Gasteiger partial charge in [-0.1, -0.05) is 26.7 Å². The number of rotatable bonds is 9. The Balaban J connectivity index is -0.000000400. The molecule has 0 aromatic rings. The second-order valence-corrected chi connectivity index (χ2v) is 18.4. The maximum absolute atomic E-state index is 8.64. The third kappa shape index (κ3) is 41.5. The Labute approximate surface area is 464 Å². The largest absolute Gasteiger partial charge is 0.303 e. The zero-order chi connectivity index (χ0) is 58.4. The summed E-state index contributed by atoms with van der Waals surface area (Å²) in [5, 5.41) is 66.6. The van der Waals surface area contributed by atoms with Crippen LogP contribution in [-0.4, -0.2) is 203 Å². The van der Waals surface area contributed by atoms with Crippen molar-refractivity contribution in [3.63, 3.8) is 0 Å². The first-order valence-electron chi connectivity index (χ1n) is 26.5. The molecule has 6 rings (SSSR count). The number of nitrogens with zero attached hydrogens (tertiary/aromatic N) is 13. The number of nitriles is 6. The van der Waals surface area contributed by atoms with E-state index in [2.05, 4.69) is 183 Å². The Morgan fingerprint density at radius 2 is 1.00 bits per heavy atom. The number of hydrogen-bond donors (Lipinski definition) is 5. The minimum Gasteiger partial charge on any atom is -0.303 e. The van der Waals surface area contributed by atoms with Gasteiger partial charge in [0.15, 0.2) is 0 Å². The van der Waals surface area contributed by atoms with E-state index in [-0.39, 0.29) is 5.92 Å². The van der Waals surface area contributed by atoms with Crippen LogP contribution in [0.25, 0.3) is 0 Å². The molecule has 0 aliphatic carbocycles. The van der Waals surface area contributed by atoms with Crippen LogP contribution in [0.4, 0.5) is 0 Å². The molecule has 6 saturated heterocycles. The van der Waals surface area contributed by atoms with E-state index in [9.17, 15) is 0 Å². The number of likely N-dealkylation sites (tertiary alicyclic amines) is 1. The molecular weight excluding hydrogens is 949 g/mol. The van der Waals surface area contributed by atoms with Crippen molar-refractivity contribution in [3.05, 3.63) is 0 Å². The van der Waals surface area contributed by atoms with E-state index >= 15 is 0 Å². The second kappa shape index (κ2) is 55.5. The maximum atomic E-state index is 8.64. The molecule has 0 amide bonds. The molecule has 18 nitrogen and oxygen atoms in total. The first-order chi connectivity index (χ1) is 36.6. The highest BCUT2D eigenvalue weighted by atomic mass is 15.3. The van der Waals surface area contributed by atoms with E-state index in [1.54, 1.807) is 33.8 Å². The highest BCUT2D eigenvalue weighted by Crippen LogP contribution is 2.14. The lowest BCUT2D eigenvalue weighted by Crippen LogP contribution is -2.56. The van der Waals surface area contributed by atoms with Crippen LogP contribution < -0.4 is 26.6 Å². The molecule has 0 bridgehead atoms. The summed E-state index contributed by atoms with van der Waals surface area (Å²) in [7, 11) is 0. The summed E-state index contributed by atoms with van der Waals surface area (Å²) in [5.41, 5.74) is 0. The van der Waals surface area contributed by atoms with Gasteiger partial charge in [-0.05, 0) is 99.8 Å². The Bertz CT molecular complexity index is 1790. The van der Waals surface area contributed by atoms with Gasteiger partial charge in [-0.3, -0.25) is 34.3 Å². The van der Waals surface area contributed by atoms with Crippen molar-refractivity contribution < 1.29 is 0 Å². The van der Waals surface area contributed by atoms with Crippen LogP contribution in [0, 0.1) is 142 Å². The third-order valence-corrected chi connectivity index (χ3v) is 12.0. The molecule has 76 heavy (non-hydrogen) atoms. The molecule has 7 atom stereocenters. The molecule has 0 aromatic carbocycles. The zero-order valence-corrected chi connectivity index (χ0v) is 48.7. The van der Waals surface area contributed by atoms with Gasteiger partial charge < -0.3 is 26.6 Å². The van der Waals surface area contributed by atoms with Crippen molar-refractivity contribution >= 4 is 0 Å². The van der Waals surface area contributed by atoms with Crippen molar-refractivity contribution in [3.8, 4) is 98.1 Å². The third-order valence-electron chi connectivity index (χ3n) is 12.0. The van der Waals surface area contributed by atoms with E-state index < -0.39 is 0 Å². The minimum atomic E-state index is 0.0390. The van der Waals surface area contributed by atoms with E-state index in [1.165, 1.54) is 39.3 Å². The van der Waals surface area contributed by atoms with Gasteiger partial charge >= 0.3 is 0 Å². The summed E-state index contributed by atoms with van der Waals surface area (Å²) >= 11 is 0. The lowest BCUT2D eigenvalue weighted by molar-refractivity contribution is 0.113. The Hall–Kier alpha value is -5.74. The fraction of sp³-hybridized carbons (Fsp3) is 0.724. The van der Waals surface area contributed by atoms with Gasteiger partial charge in [-0.25, -0.2) is 0 Å². The molecule has 6 aliphatic rings. The van der Waals surface area contributed by atoms with E-state index in [0.29, 0.717) is 62.4 Å². The molecule has 0 saturated carbocycles. The Morgan fingerprint density at radius 1 is 0.539 bits per heavy atom. The Morgan fingerprint density at radius 3 is 1.45 bits per heavy atom. The molecule has 6 aliphatic heterocycles. The van der Waals surface area contributed by atoms with Crippen LogP contribution in [0.2, 0.25) is 0 Å². The van der Waals surface area contributed by atoms with Gasteiger partial charge in [-0.15, -0.1) is 55.8 Å². The van der Waals surface area contributed by atoms with Crippen molar-refractivity contribution in [1.82, 2.24) is 60.9 Å². The molecule has 0 spiro atoms. The highest BCUT2D eigenvalue weighted by molar-refractivity contribution is 4.93. The van der Waals surface area contributed by atoms with Crippen molar-refractivity contribution in [1.29, 1.82) is 31.6 Å². The molecule has 7 unspecified atom stereocenters. The normalized spacial score (nSPS) is 23.8. The van der Waals surface area contributed by atoms with Gasteiger partial charge in [0.2, 0.25) is 0 Å². The average Bonchev–Trinajstić information content (AvgIpc) is 3.95. The summed E-state index contributed by atoms with van der Waals surface area (Å²) in [6.45, 7) is 39.8. The van der Waals surface area contributed by atoms with Gasteiger partial charge in [0.05, 0.1) is 81.2 Å². The average molecular weight is 1050 g/mol. The van der Waals surface area contributed by atoms with Gasteiger partial charge in [-0.2, -0.15) is 31.6 Å². The summed E-state index contributed by atoms with van der Waals surface area (Å²) < 4.78 is 0. The Kier molecular flexibility index (Phi) is 56.1. The predicted octanol–water partition coefficient (Wildman–Crippen LogP) is 3.57. The van der Waals surface area contributed by atoms with Crippen LogP contribution in [0.3, 0.4) is 0 Å². The van der Waals surface area contributed by atoms with Crippen LogP contribution in [0.15, 0.2) is 0 Å². The van der Waals surface area contributed by atoms with E-state index in [1.807, 2.05) is 4.90 Å². The first kappa shape index (κ1) is 76.8. The molecule has 6 heterocycles. The van der Waals surface area contributed by atoms with Crippen molar-refractivity contribution in [2.75, 3.05) is 138 Å². The molecule has 420 valence electrons. The summed E-state index contributed by atoms with van der Waals surface area (Å²) in [4.78, 5) is 15.7. The highest BCUT2D eigenvalue weighted by Gasteiger charge is 2.27. The van der Waals surface area contributed by atoms with Crippen LogP contribution in [0.1, 0.15) is 95.4 Å². The molecule has 0 aromatic heterocycles. The van der Waals surface area contributed by atoms with Gasteiger partial charge in [0.25, 0.3) is 0 Å². The van der Waals surface area contributed by atoms with Crippen LogP contribution in [0.5, 0.6) is 0 Å². The monoisotopic (exact) mass is 1050 g/mol. The molecule has 5 N–H and O–H groups in total. The smallest absolute Gasteiger partial charge is 0.0878 e. The standard InChI is InChI=1S/C10H18N4.C10H20N4.C9H16N2.C8H15N3.C7H10N4.4C3H4.C2H3N/c11-3-6-13-8-10(7-12-9-13)14-4-1-2-5-14;1-3-14(4-2)10-7-12-9-13(8-10)6-5-11;1-4-5-11-7-10-8(2)6-9(11)3;1-7-5-10-8(2)11(6-7)4-3-9;8-1-2-11-5-7(3-9)4-10-6-11;4*1-3-2;1-2-3/h10,12H,1-2,4-9H2;10,12H,3-4,6-9H2,1-2H3;1,8-10H,5-7H2,2-3H3;7-8,10H,4-6H2,1-2H3;7,10H,2,4-6H2;4*1H,2H3;1H3. The van der Waals surface area contributed by atoms with Gasteiger partial charge in [0, 0.05) is 110 Å². The number of nitrogens with one attached hydrogen (secondary N) is 5. The quantitative estimate of drug-likeness (QED) is 0.164. The summed E-state index contributed by atoms with van der Waals surface area (Å²) in [5.74, 6) is 12.4. The predicted molar refractivity (Wildman–Crippen MR) is 311 cm³/mol. The molecule has 6 fully saturated rings. The maximum Gasteiger partial charge on any atom is 0.0878 e.